The molecule has 1 heteroatoms. The molecule has 0 N–H and O–H groups in total. The van der Waals surface area contributed by atoms with E-state index in [2.05, 4.69) is 65.6 Å². The molecule has 24 heavy (non-hydrogen) atoms. The van der Waals surface area contributed by atoms with Gasteiger partial charge in [0.2, 0.25) is 0 Å². The largest absolute Gasteiger partial charge is 0.302 e. The topological polar surface area (TPSA) is 3.24 Å². The molecule has 1 aromatic carbocycles. The van der Waals surface area contributed by atoms with Gasteiger partial charge in [0, 0.05) is 11.5 Å². The molecule has 1 saturated carbocycles. The molecule has 0 spiro atoms. The summed E-state index contributed by atoms with van der Waals surface area (Å²) in [6.45, 7) is 16.3. The highest BCUT2D eigenvalue weighted by Gasteiger charge is 2.68. The zero-order valence-corrected chi connectivity index (χ0v) is 16.8. The molecular weight excluding hydrogens is 290 g/mol. The number of hydrogen-bond donors (Lipinski definition) is 0. The van der Waals surface area contributed by atoms with Crippen LogP contribution in [0, 0.1) is 30.6 Å². The third-order valence-electron chi connectivity index (χ3n) is 9.17. The van der Waals surface area contributed by atoms with Crippen molar-refractivity contribution >= 4 is 0 Å². The Morgan fingerprint density at radius 1 is 1.08 bits per heavy atom. The van der Waals surface area contributed by atoms with E-state index < -0.39 is 0 Å². The van der Waals surface area contributed by atoms with Crippen LogP contribution in [0.25, 0.3) is 0 Å². The van der Waals surface area contributed by atoms with E-state index in [9.17, 15) is 0 Å². The molecule has 1 aromatic rings. The van der Waals surface area contributed by atoms with Gasteiger partial charge in [-0.15, -0.1) is 0 Å². The van der Waals surface area contributed by atoms with Crippen molar-refractivity contribution in [2.45, 2.75) is 78.7 Å². The molecule has 1 nitrogen and oxygen atoms in total. The number of fused-ring (bicyclic) bond motifs is 1. The first kappa shape index (κ1) is 16.6. The van der Waals surface area contributed by atoms with Crippen LogP contribution < -0.4 is 0 Å². The lowest BCUT2D eigenvalue weighted by Gasteiger charge is -2.72. The summed E-state index contributed by atoms with van der Waals surface area (Å²) in [5.41, 5.74) is 7.56. The van der Waals surface area contributed by atoms with Crippen LogP contribution in [-0.2, 0) is 11.8 Å². The first-order valence-electron chi connectivity index (χ1n) is 9.96. The van der Waals surface area contributed by atoms with E-state index in [0.29, 0.717) is 22.3 Å². The summed E-state index contributed by atoms with van der Waals surface area (Å²) in [7, 11) is 2.37. The minimum Gasteiger partial charge on any atom is -0.302 e. The normalized spacial score (nSPS) is 40.8. The van der Waals surface area contributed by atoms with Crippen molar-refractivity contribution in [2.75, 3.05) is 13.6 Å². The standard InChI is InChI=1S/C23H35N/c1-15-8-9-18-14-19-22(6)11-10-16(2)21(4,5)23(22,12-13-24(19)7)20(18)17(15)3/h8-9,16,19H,10-14H2,1-7H3/t16?,19-,22?,23-/m0/s1. The van der Waals surface area contributed by atoms with Crippen molar-refractivity contribution in [3.63, 3.8) is 0 Å². The molecule has 4 rings (SSSR count). The maximum absolute atomic E-state index is 2.68. The van der Waals surface area contributed by atoms with Gasteiger partial charge in [0.05, 0.1) is 0 Å². The zero-order valence-electron chi connectivity index (χ0n) is 16.8. The SMILES string of the molecule is Cc1ccc2c(c1C)[C@]13CCN(C)[C@@H](C2)C1(C)CCC(C)C3(C)C. The van der Waals surface area contributed by atoms with Gasteiger partial charge < -0.3 is 4.90 Å². The molecule has 0 amide bonds. The van der Waals surface area contributed by atoms with E-state index in [0.717, 1.165) is 5.92 Å². The molecule has 2 unspecified atom stereocenters. The van der Waals surface area contributed by atoms with E-state index in [-0.39, 0.29) is 0 Å². The van der Waals surface area contributed by atoms with Crippen molar-refractivity contribution in [3.8, 4) is 0 Å². The summed E-state index contributed by atoms with van der Waals surface area (Å²) in [6, 6.07) is 5.52. The Morgan fingerprint density at radius 2 is 1.79 bits per heavy atom. The van der Waals surface area contributed by atoms with E-state index in [4.69, 9.17) is 0 Å². The number of aryl methyl sites for hydroxylation is 1. The van der Waals surface area contributed by atoms with E-state index in [1.54, 1.807) is 16.7 Å². The van der Waals surface area contributed by atoms with Crippen LogP contribution >= 0.6 is 0 Å². The van der Waals surface area contributed by atoms with E-state index in [1.807, 2.05) is 0 Å². The Labute approximate surface area is 148 Å². The average Bonchev–Trinajstić information content (AvgIpc) is 2.51. The molecule has 3 aliphatic rings. The number of rotatable bonds is 0. The Morgan fingerprint density at radius 3 is 2.50 bits per heavy atom. The minimum atomic E-state index is 0.332. The van der Waals surface area contributed by atoms with Crippen molar-refractivity contribution in [3.05, 3.63) is 34.4 Å². The molecule has 2 bridgehead atoms. The molecule has 132 valence electrons. The van der Waals surface area contributed by atoms with Gasteiger partial charge in [0.15, 0.2) is 0 Å². The van der Waals surface area contributed by atoms with E-state index >= 15 is 0 Å². The van der Waals surface area contributed by atoms with Gasteiger partial charge in [-0.1, -0.05) is 39.8 Å². The molecule has 2 fully saturated rings. The van der Waals surface area contributed by atoms with Crippen molar-refractivity contribution < 1.29 is 0 Å². The monoisotopic (exact) mass is 325 g/mol. The van der Waals surface area contributed by atoms with Gasteiger partial charge >= 0.3 is 0 Å². The zero-order chi connectivity index (χ0) is 17.5. The number of hydrogen-bond acceptors (Lipinski definition) is 1. The fourth-order valence-corrected chi connectivity index (χ4v) is 7.25. The molecular formula is C23H35N. The number of piperidine rings is 1. The van der Waals surface area contributed by atoms with Crippen LogP contribution in [0.4, 0.5) is 0 Å². The highest BCUT2D eigenvalue weighted by Crippen LogP contribution is 2.70. The fraction of sp³-hybridized carbons (Fsp3) is 0.739. The van der Waals surface area contributed by atoms with Gasteiger partial charge in [0.1, 0.15) is 0 Å². The Balaban J connectivity index is 2.10. The molecule has 0 radical (unpaired) electrons. The highest BCUT2D eigenvalue weighted by atomic mass is 15.2. The summed E-state index contributed by atoms with van der Waals surface area (Å²) in [5, 5.41) is 0. The van der Waals surface area contributed by atoms with Crippen LogP contribution in [-0.4, -0.2) is 24.5 Å². The number of benzene rings is 1. The van der Waals surface area contributed by atoms with Crippen LogP contribution in [0.3, 0.4) is 0 Å². The van der Waals surface area contributed by atoms with Crippen molar-refractivity contribution in [2.24, 2.45) is 16.7 Å². The molecule has 2 aliphatic carbocycles. The third kappa shape index (κ3) is 1.66. The minimum absolute atomic E-state index is 0.332. The molecule has 1 aliphatic heterocycles. The summed E-state index contributed by atoms with van der Waals surface area (Å²) in [5.74, 6) is 0.792. The molecule has 1 heterocycles. The van der Waals surface area contributed by atoms with Crippen LogP contribution in [0.2, 0.25) is 0 Å². The molecule has 4 atom stereocenters. The quantitative estimate of drug-likeness (QED) is 0.628. The molecule has 1 saturated heterocycles. The predicted molar refractivity (Wildman–Crippen MR) is 103 cm³/mol. The maximum atomic E-state index is 2.68. The third-order valence-corrected chi connectivity index (χ3v) is 9.17. The maximum Gasteiger partial charge on any atom is 0.0195 e. The first-order valence-corrected chi connectivity index (χ1v) is 9.96. The fourth-order valence-electron chi connectivity index (χ4n) is 7.25. The van der Waals surface area contributed by atoms with Crippen LogP contribution in [0.1, 0.15) is 69.2 Å². The molecule has 0 aromatic heterocycles. The number of likely N-dealkylation sites (tertiary alicyclic amines) is 1. The van der Waals surface area contributed by atoms with Gasteiger partial charge in [-0.25, -0.2) is 0 Å². The lowest BCUT2D eigenvalue weighted by molar-refractivity contribution is -0.154. The second-order valence-electron chi connectivity index (χ2n) is 9.98. The Hall–Kier alpha value is -0.820. The van der Waals surface area contributed by atoms with Gasteiger partial charge in [-0.05, 0) is 92.1 Å². The van der Waals surface area contributed by atoms with Gasteiger partial charge in [-0.2, -0.15) is 0 Å². The lowest BCUT2D eigenvalue weighted by atomic mass is 9.35. The van der Waals surface area contributed by atoms with Crippen molar-refractivity contribution in [1.82, 2.24) is 4.90 Å². The van der Waals surface area contributed by atoms with Crippen LogP contribution in [0.15, 0.2) is 12.1 Å². The van der Waals surface area contributed by atoms with Gasteiger partial charge in [0.25, 0.3) is 0 Å². The number of nitrogens with zero attached hydrogens (tertiary/aromatic N) is 1. The Kier molecular flexibility index (Phi) is 3.38. The lowest BCUT2D eigenvalue weighted by Crippen LogP contribution is -2.72. The second-order valence-corrected chi connectivity index (χ2v) is 9.98. The number of likely N-dealkylation sites (N-methyl/N-ethyl adjacent to an activating group) is 1. The second kappa shape index (κ2) is 4.87. The average molecular weight is 326 g/mol. The summed E-state index contributed by atoms with van der Waals surface area (Å²) in [4.78, 5) is 2.68. The van der Waals surface area contributed by atoms with Gasteiger partial charge in [-0.3, -0.25) is 0 Å². The van der Waals surface area contributed by atoms with Crippen molar-refractivity contribution in [1.29, 1.82) is 0 Å². The van der Waals surface area contributed by atoms with Crippen LogP contribution in [0.5, 0.6) is 0 Å². The Bertz CT molecular complexity index is 688. The highest BCUT2D eigenvalue weighted by molar-refractivity contribution is 5.52. The first-order chi connectivity index (χ1) is 11.2. The smallest absolute Gasteiger partial charge is 0.0195 e. The van der Waals surface area contributed by atoms with E-state index in [1.165, 1.54) is 37.8 Å². The summed E-state index contributed by atoms with van der Waals surface area (Å²) < 4.78 is 0. The summed E-state index contributed by atoms with van der Waals surface area (Å²) in [6.07, 6.45) is 5.34. The predicted octanol–water partition coefficient (Wildman–Crippen LogP) is 5.26. The summed E-state index contributed by atoms with van der Waals surface area (Å²) >= 11 is 0.